The number of ether oxygens (including phenoxy) is 4. The summed E-state index contributed by atoms with van der Waals surface area (Å²) in [7, 11) is 4.92. The maximum atomic E-state index is 13.1. The Morgan fingerprint density at radius 3 is 2.35 bits per heavy atom. The summed E-state index contributed by atoms with van der Waals surface area (Å²) in [6.45, 7) is 4.05. The Hall–Kier alpha value is -2.48. The minimum absolute atomic E-state index is 0.0157. The number of methoxy groups -OCH3 is 3. The summed E-state index contributed by atoms with van der Waals surface area (Å²) < 4.78 is 21.9. The highest BCUT2D eigenvalue weighted by Crippen LogP contribution is 2.32. The molecule has 1 heterocycles. The molecule has 8 heteroatoms. The standard InChI is InChI=1S/C26H35ClN2O5/c1-31-11-10-29-8-6-18(7-9-29)4-5-25(30)22-15-23(27)24(28)16-26(22)34-17-19-12-20(32-2)14-21(13-19)33-3/h12-16,18H,4-11,17,28H2,1-3H3. The van der Waals surface area contributed by atoms with Gasteiger partial charge in [0.05, 0.1) is 37.1 Å². The summed E-state index contributed by atoms with van der Waals surface area (Å²) >= 11 is 6.25. The molecule has 186 valence electrons. The topological polar surface area (TPSA) is 83.3 Å². The van der Waals surface area contributed by atoms with Gasteiger partial charge in [-0.3, -0.25) is 4.79 Å². The number of hydrogen-bond acceptors (Lipinski definition) is 7. The average Bonchev–Trinajstić information content (AvgIpc) is 2.86. The largest absolute Gasteiger partial charge is 0.497 e. The number of likely N-dealkylation sites (tertiary alicyclic amines) is 1. The zero-order valence-corrected chi connectivity index (χ0v) is 21.0. The van der Waals surface area contributed by atoms with Crippen LogP contribution in [0.2, 0.25) is 5.02 Å². The van der Waals surface area contributed by atoms with Crippen LogP contribution in [0.3, 0.4) is 0 Å². The molecule has 1 aliphatic heterocycles. The molecular formula is C26H35ClN2O5. The SMILES string of the molecule is COCCN1CCC(CCC(=O)c2cc(Cl)c(N)cc2OCc2cc(OC)cc(OC)c2)CC1. The van der Waals surface area contributed by atoms with Crippen LogP contribution in [0, 0.1) is 5.92 Å². The predicted octanol–water partition coefficient (Wildman–Crippen LogP) is 4.84. The summed E-state index contributed by atoms with van der Waals surface area (Å²) in [4.78, 5) is 15.6. The number of carbonyl (C=O) groups excluding carboxylic acids is 1. The van der Waals surface area contributed by atoms with Crippen molar-refractivity contribution < 1.29 is 23.7 Å². The van der Waals surface area contributed by atoms with E-state index in [0.717, 1.165) is 51.1 Å². The van der Waals surface area contributed by atoms with Crippen LogP contribution in [0.5, 0.6) is 17.2 Å². The number of carbonyl (C=O) groups is 1. The summed E-state index contributed by atoms with van der Waals surface area (Å²) in [5.74, 6) is 2.32. The molecule has 34 heavy (non-hydrogen) atoms. The van der Waals surface area contributed by atoms with Gasteiger partial charge in [0, 0.05) is 32.2 Å². The van der Waals surface area contributed by atoms with Gasteiger partial charge in [0.25, 0.3) is 0 Å². The van der Waals surface area contributed by atoms with Gasteiger partial charge in [-0.1, -0.05) is 11.6 Å². The Bertz CT molecular complexity index is 938. The van der Waals surface area contributed by atoms with Crippen LogP contribution in [0.1, 0.15) is 41.6 Å². The summed E-state index contributed by atoms with van der Waals surface area (Å²) in [5, 5.41) is 0.352. The molecular weight excluding hydrogens is 456 g/mol. The van der Waals surface area contributed by atoms with Gasteiger partial charge < -0.3 is 29.6 Å². The van der Waals surface area contributed by atoms with Gasteiger partial charge in [0.2, 0.25) is 0 Å². The van der Waals surface area contributed by atoms with E-state index in [9.17, 15) is 4.79 Å². The van der Waals surface area contributed by atoms with Gasteiger partial charge in [-0.2, -0.15) is 0 Å². The molecule has 1 saturated heterocycles. The van der Waals surface area contributed by atoms with Crippen molar-refractivity contribution in [2.24, 2.45) is 5.92 Å². The number of nitrogens with zero attached hydrogens (tertiary/aromatic N) is 1. The second kappa shape index (κ2) is 12.8. The number of halogens is 1. The van der Waals surface area contributed by atoms with Crippen molar-refractivity contribution in [1.82, 2.24) is 4.90 Å². The van der Waals surface area contributed by atoms with Gasteiger partial charge in [-0.25, -0.2) is 0 Å². The van der Waals surface area contributed by atoms with Crippen LogP contribution >= 0.6 is 11.6 Å². The first-order valence-corrected chi connectivity index (χ1v) is 12.0. The van der Waals surface area contributed by atoms with E-state index in [1.54, 1.807) is 39.5 Å². The molecule has 0 atom stereocenters. The minimum atomic E-state index is 0.0157. The zero-order valence-electron chi connectivity index (χ0n) is 20.3. The lowest BCUT2D eigenvalue weighted by Gasteiger charge is -2.31. The molecule has 0 amide bonds. The lowest BCUT2D eigenvalue weighted by Crippen LogP contribution is -2.36. The third-order valence-corrected chi connectivity index (χ3v) is 6.63. The molecule has 3 rings (SSSR count). The highest BCUT2D eigenvalue weighted by atomic mass is 35.5. The first kappa shape index (κ1) is 26.1. The number of ketones is 1. The summed E-state index contributed by atoms with van der Waals surface area (Å²) in [6, 6.07) is 8.76. The first-order chi connectivity index (χ1) is 16.4. The van der Waals surface area contributed by atoms with Crippen molar-refractivity contribution in [3.8, 4) is 17.2 Å². The lowest BCUT2D eigenvalue weighted by atomic mass is 9.90. The van der Waals surface area contributed by atoms with Gasteiger partial charge in [0.1, 0.15) is 23.9 Å². The number of nitrogens with two attached hydrogens (primary N) is 1. The molecule has 0 spiro atoms. The summed E-state index contributed by atoms with van der Waals surface area (Å²) in [5.41, 5.74) is 7.70. The van der Waals surface area contributed by atoms with Gasteiger partial charge in [-0.15, -0.1) is 0 Å². The molecule has 0 radical (unpaired) electrons. The monoisotopic (exact) mass is 490 g/mol. The lowest BCUT2D eigenvalue weighted by molar-refractivity contribution is 0.0946. The molecule has 1 aliphatic rings. The Morgan fingerprint density at radius 1 is 1.06 bits per heavy atom. The molecule has 0 unspecified atom stereocenters. The molecule has 1 fully saturated rings. The van der Waals surface area contributed by atoms with Crippen LogP contribution in [-0.2, 0) is 11.3 Å². The summed E-state index contributed by atoms with van der Waals surface area (Å²) in [6.07, 6.45) is 3.50. The molecule has 2 aromatic carbocycles. The van der Waals surface area contributed by atoms with Crippen molar-refractivity contribution in [1.29, 1.82) is 0 Å². The second-order valence-electron chi connectivity index (χ2n) is 8.62. The van der Waals surface area contributed by atoms with Gasteiger partial charge >= 0.3 is 0 Å². The molecule has 0 saturated carbocycles. The number of anilines is 1. The predicted molar refractivity (Wildman–Crippen MR) is 134 cm³/mol. The Balaban J connectivity index is 1.63. The molecule has 2 aromatic rings. The fraction of sp³-hybridized carbons (Fsp3) is 0.500. The van der Waals surface area contributed by atoms with E-state index in [1.165, 1.54) is 0 Å². The van der Waals surface area contributed by atoms with E-state index >= 15 is 0 Å². The third kappa shape index (κ3) is 7.26. The van der Waals surface area contributed by atoms with E-state index in [1.807, 2.05) is 12.1 Å². The van der Waals surface area contributed by atoms with Crippen molar-refractivity contribution in [3.63, 3.8) is 0 Å². The normalized spacial score (nSPS) is 14.7. The van der Waals surface area contributed by atoms with Crippen molar-refractivity contribution >= 4 is 23.1 Å². The number of hydrogen-bond donors (Lipinski definition) is 1. The van der Waals surface area contributed by atoms with Crippen LogP contribution in [0.15, 0.2) is 30.3 Å². The van der Waals surface area contributed by atoms with Crippen molar-refractivity contribution in [2.75, 3.05) is 53.3 Å². The minimum Gasteiger partial charge on any atom is -0.497 e. The number of nitrogen functional groups attached to an aromatic ring is 1. The first-order valence-electron chi connectivity index (χ1n) is 11.6. The maximum absolute atomic E-state index is 13.1. The average molecular weight is 491 g/mol. The van der Waals surface area contributed by atoms with E-state index < -0.39 is 0 Å². The maximum Gasteiger partial charge on any atom is 0.166 e. The number of Topliss-reactive ketones (excluding diaryl/α,β-unsaturated/α-hetero) is 1. The third-order valence-electron chi connectivity index (χ3n) is 6.30. The van der Waals surface area contributed by atoms with Crippen LogP contribution < -0.4 is 19.9 Å². The van der Waals surface area contributed by atoms with Crippen LogP contribution in [0.4, 0.5) is 5.69 Å². The number of benzene rings is 2. The molecule has 2 N–H and O–H groups in total. The van der Waals surface area contributed by atoms with Gasteiger partial charge in [0.15, 0.2) is 5.78 Å². The molecule has 0 aliphatic carbocycles. The van der Waals surface area contributed by atoms with E-state index in [0.29, 0.717) is 45.9 Å². The van der Waals surface area contributed by atoms with Crippen LogP contribution in [-0.4, -0.2) is 58.3 Å². The highest BCUT2D eigenvalue weighted by molar-refractivity contribution is 6.33. The Morgan fingerprint density at radius 2 is 1.74 bits per heavy atom. The van der Waals surface area contributed by atoms with Crippen molar-refractivity contribution in [2.45, 2.75) is 32.3 Å². The van der Waals surface area contributed by atoms with E-state index in [-0.39, 0.29) is 12.4 Å². The fourth-order valence-electron chi connectivity index (χ4n) is 4.21. The smallest absolute Gasteiger partial charge is 0.166 e. The highest BCUT2D eigenvalue weighted by Gasteiger charge is 2.22. The van der Waals surface area contributed by atoms with Gasteiger partial charge in [-0.05, 0) is 62.0 Å². The second-order valence-corrected chi connectivity index (χ2v) is 9.03. The molecule has 7 nitrogen and oxygen atoms in total. The molecule has 0 bridgehead atoms. The zero-order chi connectivity index (χ0) is 24.5. The number of rotatable bonds is 12. The fourth-order valence-corrected chi connectivity index (χ4v) is 4.37. The Kier molecular flexibility index (Phi) is 9.86. The van der Waals surface area contributed by atoms with E-state index in [2.05, 4.69) is 4.90 Å². The van der Waals surface area contributed by atoms with Crippen LogP contribution in [0.25, 0.3) is 0 Å². The van der Waals surface area contributed by atoms with E-state index in [4.69, 9.17) is 36.3 Å². The quantitative estimate of drug-likeness (QED) is 0.336. The van der Waals surface area contributed by atoms with Crippen molar-refractivity contribution in [3.05, 3.63) is 46.5 Å². The Labute approximate surface area is 207 Å². The number of piperidine rings is 1. The molecule has 0 aromatic heterocycles.